The van der Waals surface area contributed by atoms with E-state index in [1.165, 1.54) is 22.7 Å². The zero-order chi connectivity index (χ0) is 9.97. The third kappa shape index (κ3) is 2.39. The molecule has 14 heavy (non-hydrogen) atoms. The van der Waals surface area contributed by atoms with Gasteiger partial charge in [0.1, 0.15) is 5.82 Å². The van der Waals surface area contributed by atoms with Crippen LogP contribution in [0.15, 0.2) is 28.2 Å². The topological polar surface area (TPSA) is 25.8 Å². The van der Waals surface area contributed by atoms with Crippen LogP contribution in [-0.4, -0.2) is 9.36 Å². The normalized spacial score (nSPS) is 10.4. The molecule has 0 unspecified atom stereocenters. The molecule has 0 N–H and O–H groups in total. The summed E-state index contributed by atoms with van der Waals surface area (Å²) in [5.74, 6) is 0.882. The molecule has 0 amide bonds. The maximum absolute atomic E-state index is 4.26. The number of hydrogen-bond donors (Lipinski definition) is 0. The highest BCUT2D eigenvalue weighted by atomic mass is 79.9. The summed E-state index contributed by atoms with van der Waals surface area (Å²) in [6, 6.07) is 8.41. The van der Waals surface area contributed by atoms with Crippen LogP contribution in [0.25, 0.3) is 0 Å². The summed E-state index contributed by atoms with van der Waals surface area (Å²) < 4.78 is 5.07. The Bertz CT molecular complexity index is 439. The molecule has 4 heteroatoms. The number of nitrogens with zero attached hydrogens (tertiary/aromatic N) is 2. The van der Waals surface area contributed by atoms with Gasteiger partial charge in [-0.3, -0.25) is 0 Å². The number of benzene rings is 1. The summed E-state index contributed by atoms with van der Waals surface area (Å²) in [6.07, 6.45) is 0.809. The van der Waals surface area contributed by atoms with Gasteiger partial charge in [-0.1, -0.05) is 29.8 Å². The van der Waals surface area contributed by atoms with E-state index in [1.54, 1.807) is 0 Å². The van der Waals surface area contributed by atoms with Gasteiger partial charge in [-0.2, -0.15) is 4.37 Å². The lowest BCUT2D eigenvalue weighted by molar-refractivity contribution is 1.03. The Balaban J connectivity index is 2.18. The molecule has 0 saturated heterocycles. The van der Waals surface area contributed by atoms with E-state index < -0.39 is 0 Å². The molecule has 0 spiro atoms. The van der Waals surface area contributed by atoms with Crippen LogP contribution in [0.1, 0.15) is 17.0 Å². The Hall–Kier alpha value is -0.740. The lowest BCUT2D eigenvalue weighted by Crippen LogP contribution is -1.90. The second-order valence-corrected chi connectivity index (χ2v) is 5.16. The molecule has 1 aromatic heterocycles. The van der Waals surface area contributed by atoms with E-state index in [0.717, 1.165) is 16.2 Å². The molecule has 0 atom stereocenters. The van der Waals surface area contributed by atoms with E-state index in [1.807, 2.05) is 0 Å². The Morgan fingerprint density at radius 3 is 2.93 bits per heavy atom. The van der Waals surface area contributed by atoms with Crippen molar-refractivity contribution in [1.82, 2.24) is 9.36 Å². The van der Waals surface area contributed by atoms with Gasteiger partial charge in [0.05, 0.1) is 0 Å². The van der Waals surface area contributed by atoms with Gasteiger partial charge in [-0.25, -0.2) is 4.98 Å². The lowest BCUT2D eigenvalue weighted by Gasteiger charge is -1.98. The van der Waals surface area contributed by atoms with Gasteiger partial charge >= 0.3 is 0 Å². The Kier molecular flexibility index (Phi) is 2.93. The molecule has 2 nitrogen and oxygen atoms in total. The van der Waals surface area contributed by atoms with E-state index in [-0.39, 0.29) is 0 Å². The smallest absolute Gasteiger partial charge is 0.179 e. The first-order valence-electron chi connectivity index (χ1n) is 4.27. The van der Waals surface area contributed by atoms with Crippen LogP contribution in [0.3, 0.4) is 0 Å². The molecule has 0 radical (unpaired) electrons. The number of aromatic nitrogens is 2. The summed E-state index contributed by atoms with van der Waals surface area (Å²) in [5.41, 5.74) is 2.53. The third-order valence-electron chi connectivity index (χ3n) is 1.89. The van der Waals surface area contributed by atoms with Gasteiger partial charge in [0.2, 0.25) is 0 Å². The highest BCUT2D eigenvalue weighted by molar-refractivity contribution is 9.11. The minimum absolute atomic E-state index is 0.809. The van der Waals surface area contributed by atoms with E-state index in [4.69, 9.17) is 0 Å². The molecule has 0 saturated carbocycles. The van der Waals surface area contributed by atoms with Crippen molar-refractivity contribution in [2.45, 2.75) is 13.3 Å². The predicted octanol–water partition coefficient (Wildman–Crippen LogP) is 3.20. The second kappa shape index (κ2) is 4.19. The largest absolute Gasteiger partial charge is 0.212 e. The zero-order valence-corrected chi connectivity index (χ0v) is 10.1. The average Bonchev–Trinajstić information content (AvgIpc) is 2.51. The fourth-order valence-corrected chi connectivity index (χ4v) is 2.16. The van der Waals surface area contributed by atoms with Gasteiger partial charge in [0.25, 0.3) is 0 Å². The van der Waals surface area contributed by atoms with Crippen LogP contribution < -0.4 is 0 Å². The van der Waals surface area contributed by atoms with Crippen LogP contribution in [0.2, 0.25) is 0 Å². The van der Waals surface area contributed by atoms with Crippen LogP contribution in [-0.2, 0) is 6.42 Å². The average molecular weight is 269 g/mol. The fourth-order valence-electron chi connectivity index (χ4n) is 1.31. The first-order valence-corrected chi connectivity index (χ1v) is 5.84. The summed E-state index contributed by atoms with van der Waals surface area (Å²) in [7, 11) is 0. The molecule has 0 aliphatic carbocycles. The first-order chi connectivity index (χ1) is 6.74. The van der Waals surface area contributed by atoms with Crippen LogP contribution in [0, 0.1) is 6.92 Å². The minimum Gasteiger partial charge on any atom is -0.212 e. The molecule has 0 bridgehead atoms. The van der Waals surface area contributed by atoms with Crippen LogP contribution in [0.4, 0.5) is 0 Å². The molecule has 2 rings (SSSR count). The highest BCUT2D eigenvalue weighted by Gasteiger charge is 2.02. The zero-order valence-electron chi connectivity index (χ0n) is 7.70. The van der Waals surface area contributed by atoms with E-state index in [0.29, 0.717) is 0 Å². The van der Waals surface area contributed by atoms with Gasteiger partial charge in [-0.05, 0) is 39.9 Å². The molecule has 1 heterocycles. The van der Waals surface area contributed by atoms with Gasteiger partial charge < -0.3 is 0 Å². The van der Waals surface area contributed by atoms with Crippen molar-refractivity contribution >= 4 is 27.5 Å². The van der Waals surface area contributed by atoms with Crippen molar-refractivity contribution in [2.24, 2.45) is 0 Å². The molecule has 2 aromatic rings. The van der Waals surface area contributed by atoms with Crippen molar-refractivity contribution in [3.8, 4) is 0 Å². The molecule has 0 aliphatic heterocycles. The van der Waals surface area contributed by atoms with Crippen LogP contribution >= 0.6 is 27.5 Å². The van der Waals surface area contributed by atoms with Crippen molar-refractivity contribution in [2.75, 3.05) is 0 Å². The Morgan fingerprint density at radius 1 is 1.43 bits per heavy atom. The van der Waals surface area contributed by atoms with Gasteiger partial charge in [0.15, 0.2) is 3.92 Å². The van der Waals surface area contributed by atoms with Crippen LogP contribution in [0.5, 0.6) is 0 Å². The fraction of sp³-hybridized carbons (Fsp3) is 0.200. The number of aryl methyl sites for hydroxylation is 1. The maximum Gasteiger partial charge on any atom is 0.179 e. The van der Waals surface area contributed by atoms with Gasteiger partial charge in [0, 0.05) is 6.42 Å². The van der Waals surface area contributed by atoms with Crippen molar-refractivity contribution in [3.05, 3.63) is 45.1 Å². The van der Waals surface area contributed by atoms with E-state index >= 15 is 0 Å². The summed E-state index contributed by atoms with van der Waals surface area (Å²) in [6.45, 7) is 2.09. The Morgan fingerprint density at radius 2 is 2.29 bits per heavy atom. The number of hydrogen-bond acceptors (Lipinski definition) is 3. The second-order valence-electron chi connectivity index (χ2n) is 3.13. The van der Waals surface area contributed by atoms with Gasteiger partial charge in [-0.15, -0.1) is 0 Å². The Labute approximate surface area is 95.3 Å². The number of halogens is 1. The third-order valence-corrected chi connectivity index (χ3v) is 3.04. The van der Waals surface area contributed by atoms with Crippen molar-refractivity contribution in [1.29, 1.82) is 0 Å². The molecule has 1 aromatic carbocycles. The van der Waals surface area contributed by atoms with E-state index in [9.17, 15) is 0 Å². The monoisotopic (exact) mass is 268 g/mol. The minimum atomic E-state index is 0.809. The standard InChI is InChI=1S/C10H9BrN2S/c1-7-3-2-4-8(5-7)6-9-12-10(11)14-13-9/h2-5H,6H2,1H3. The lowest BCUT2D eigenvalue weighted by atomic mass is 10.1. The summed E-state index contributed by atoms with van der Waals surface area (Å²) in [5, 5.41) is 0. The predicted molar refractivity (Wildman–Crippen MR) is 61.6 cm³/mol. The van der Waals surface area contributed by atoms with E-state index in [2.05, 4.69) is 56.5 Å². The quantitative estimate of drug-likeness (QED) is 0.836. The molecule has 72 valence electrons. The summed E-state index contributed by atoms with van der Waals surface area (Å²) in [4.78, 5) is 4.26. The SMILES string of the molecule is Cc1cccc(Cc2nsc(Br)n2)c1. The molecular weight excluding hydrogens is 260 g/mol. The van der Waals surface area contributed by atoms with Crippen molar-refractivity contribution < 1.29 is 0 Å². The highest BCUT2D eigenvalue weighted by Crippen LogP contribution is 2.15. The molecule has 0 fully saturated rings. The molecule has 0 aliphatic rings. The maximum atomic E-state index is 4.26. The number of rotatable bonds is 2. The summed E-state index contributed by atoms with van der Waals surface area (Å²) >= 11 is 4.69. The van der Waals surface area contributed by atoms with Crippen molar-refractivity contribution in [3.63, 3.8) is 0 Å². The first kappa shape index (κ1) is 9.80. The molecular formula is C10H9BrN2S.